The van der Waals surface area contributed by atoms with Gasteiger partial charge in [-0.3, -0.25) is 14.5 Å². The number of aromatic nitrogens is 2. The first-order valence-electron chi connectivity index (χ1n) is 11.5. The summed E-state index contributed by atoms with van der Waals surface area (Å²) in [5.74, 6) is -1.99. The van der Waals surface area contributed by atoms with Crippen LogP contribution in [0.15, 0.2) is 40.6 Å². The number of carbonyl (C=O) groups is 3. The Bertz CT molecular complexity index is 1790. The summed E-state index contributed by atoms with van der Waals surface area (Å²) < 4.78 is 60.7. The third kappa shape index (κ3) is 6.44. The molecule has 43 heavy (non-hydrogen) atoms. The van der Waals surface area contributed by atoms with Crippen molar-refractivity contribution in [2.45, 2.75) is 24.5 Å². The van der Waals surface area contributed by atoms with Crippen LogP contribution >= 0.6 is 34.4 Å². The lowest BCUT2D eigenvalue weighted by Gasteiger charge is -2.48. The Hall–Kier alpha value is -3.79. The summed E-state index contributed by atoms with van der Waals surface area (Å²) in [4.78, 5) is 50.4. The Morgan fingerprint density at radius 3 is 2.60 bits per heavy atom. The molecule has 2 atom stereocenters. The number of nitrogens with two attached hydrogens (primary N) is 1. The number of thiazole rings is 1. The zero-order valence-electron chi connectivity index (χ0n) is 21.7. The van der Waals surface area contributed by atoms with E-state index >= 15 is 0 Å². The summed E-state index contributed by atoms with van der Waals surface area (Å²) >= 11 is 4.01. The summed E-state index contributed by atoms with van der Waals surface area (Å²) in [5.41, 5.74) is -0.00297. The first-order valence-corrected chi connectivity index (χ1v) is 15.6. The minimum Gasteiger partial charge on any atom is -0.741 e. The molecule has 1 fully saturated rings. The molecular weight excluding hydrogens is 662 g/mol. The number of carbonyl (C=O) groups excluding carboxylic acids is 2. The molecule has 4 N–H and O–H groups in total. The van der Waals surface area contributed by atoms with Gasteiger partial charge in [-0.05, 0) is 19.1 Å². The van der Waals surface area contributed by atoms with Gasteiger partial charge in [0.05, 0.1) is 11.4 Å². The van der Waals surface area contributed by atoms with E-state index in [1.807, 2.05) is 29.7 Å². The van der Waals surface area contributed by atoms with Gasteiger partial charge in [0.25, 0.3) is 21.7 Å². The number of thioether (sulfide) groups is 1. The van der Waals surface area contributed by atoms with Crippen molar-refractivity contribution < 1.29 is 55.0 Å². The zero-order chi connectivity index (χ0) is 31.9. The third-order valence-electron chi connectivity index (χ3n) is 5.80. The highest BCUT2D eigenvalue weighted by Gasteiger charge is 2.56. The number of hydrogen-bond acceptors (Lipinski definition) is 13. The second-order valence-electron chi connectivity index (χ2n) is 8.59. The summed E-state index contributed by atoms with van der Waals surface area (Å²) in [6, 6.07) is 4.40. The standard InChI is InChI=1S/C21H18N6O5S3.CHF3O3S/c1-9-6-10-4-3-5-26(18(10)35-9)19-15(20(30)31)27-12(8-33-19)14(17(27)29)24-16(28)13(25-32-2)11-7-34-21(22)23-11;2-1(3,4)8(5,6)7/h3-7,12,14H,8H2,1-2H3,(H3-,22,23,24,28,30,31);(H,5,6,7). The number of nitrogens with one attached hydrogen (secondary N) is 1. The zero-order valence-corrected chi connectivity index (χ0v) is 25.0. The Kier molecular flexibility index (Phi) is 9.02. The summed E-state index contributed by atoms with van der Waals surface area (Å²) in [7, 11) is -4.80. The van der Waals surface area contributed by atoms with E-state index in [-0.39, 0.29) is 22.2 Å². The van der Waals surface area contributed by atoms with Gasteiger partial charge in [0.1, 0.15) is 18.8 Å². The molecule has 0 saturated carbocycles. The van der Waals surface area contributed by atoms with E-state index in [4.69, 9.17) is 23.5 Å². The largest absolute Gasteiger partial charge is 0.741 e. The number of anilines is 1. The fourth-order valence-electron chi connectivity index (χ4n) is 4.05. The second-order valence-corrected chi connectivity index (χ2v) is 13.1. The number of nitrogen functional groups attached to an aromatic ring is 1. The Morgan fingerprint density at radius 1 is 1.37 bits per heavy atom. The smallest absolute Gasteiger partial charge is 0.485 e. The molecule has 2 amide bonds. The lowest BCUT2D eigenvalue weighted by molar-refractivity contribution is -0.542. The van der Waals surface area contributed by atoms with E-state index < -0.39 is 45.5 Å². The highest BCUT2D eigenvalue weighted by Crippen LogP contribution is 2.40. The molecule has 0 radical (unpaired) electrons. The summed E-state index contributed by atoms with van der Waals surface area (Å²) in [6.07, 6.45) is 1.79. The van der Waals surface area contributed by atoms with Crippen LogP contribution in [0.4, 0.5) is 18.3 Å². The maximum Gasteiger partial charge on any atom is 0.485 e. The fraction of sp³-hybridized carbons (Fsp3) is 0.273. The average Bonchev–Trinajstić information content (AvgIpc) is 3.52. The number of carboxylic acids is 1. The van der Waals surface area contributed by atoms with Gasteiger partial charge >= 0.3 is 11.5 Å². The SMILES string of the molecule is CON=C(C(=O)NC1C(=O)N2C(C(=O)O)=C([n+]3cccc4cc(C)sc43)SCC12)c1csc(N)n1.O=S(=O)([O-])C(F)(F)F. The van der Waals surface area contributed by atoms with Crippen LogP contribution in [-0.4, -0.2) is 81.9 Å². The van der Waals surface area contributed by atoms with Crippen molar-refractivity contribution in [2.24, 2.45) is 5.16 Å². The molecule has 0 spiro atoms. The number of alkyl halides is 3. The van der Waals surface area contributed by atoms with Crippen LogP contribution in [0.25, 0.3) is 15.2 Å². The number of rotatable bonds is 6. The van der Waals surface area contributed by atoms with Crippen molar-refractivity contribution in [1.29, 1.82) is 0 Å². The predicted octanol–water partition coefficient (Wildman–Crippen LogP) is 1.29. The fourth-order valence-corrected chi connectivity index (χ4v) is 6.93. The van der Waals surface area contributed by atoms with E-state index in [9.17, 15) is 32.7 Å². The van der Waals surface area contributed by atoms with Crippen LogP contribution in [-0.2, 0) is 29.3 Å². The first-order chi connectivity index (χ1) is 20.0. The van der Waals surface area contributed by atoms with Crippen molar-refractivity contribution in [1.82, 2.24) is 15.2 Å². The number of hydrogen-bond donors (Lipinski definition) is 3. The number of oxime groups is 1. The van der Waals surface area contributed by atoms with Gasteiger partial charge in [-0.1, -0.05) is 28.3 Å². The van der Waals surface area contributed by atoms with Crippen LogP contribution < -0.4 is 15.6 Å². The quantitative estimate of drug-likeness (QED) is 0.0844. The predicted molar refractivity (Wildman–Crippen MR) is 148 cm³/mol. The molecule has 0 aromatic carbocycles. The molecule has 5 rings (SSSR count). The summed E-state index contributed by atoms with van der Waals surface area (Å²) in [6.45, 7) is 1.98. The molecule has 2 aliphatic rings. The van der Waals surface area contributed by atoms with Crippen LogP contribution in [0, 0.1) is 6.92 Å². The van der Waals surface area contributed by atoms with Crippen molar-refractivity contribution in [3.8, 4) is 0 Å². The normalized spacial score (nSPS) is 18.9. The number of aliphatic carboxylic acids is 1. The molecule has 21 heteroatoms. The van der Waals surface area contributed by atoms with Gasteiger partial charge in [-0.15, -0.1) is 15.9 Å². The lowest BCUT2D eigenvalue weighted by Crippen LogP contribution is -2.73. The molecule has 3 aromatic heterocycles. The number of halogens is 3. The summed E-state index contributed by atoms with van der Waals surface area (Å²) in [5, 5.41) is 19.7. The van der Waals surface area contributed by atoms with Crippen LogP contribution in [0.5, 0.6) is 0 Å². The maximum absolute atomic E-state index is 13.1. The number of nitrogens with zero attached hydrogens (tertiary/aromatic N) is 4. The Morgan fingerprint density at radius 2 is 2.05 bits per heavy atom. The molecular formula is C22H19F3N6O8S4. The number of β-lactam (4-membered cyclic amide) rings is 1. The van der Waals surface area contributed by atoms with Crippen molar-refractivity contribution >= 4 is 88.4 Å². The van der Waals surface area contributed by atoms with Crippen molar-refractivity contribution in [3.63, 3.8) is 0 Å². The van der Waals surface area contributed by atoms with E-state index in [2.05, 4.69) is 15.5 Å². The maximum atomic E-state index is 13.1. The first kappa shape index (κ1) is 32.1. The van der Waals surface area contributed by atoms with Crippen LogP contribution in [0.3, 0.4) is 0 Å². The van der Waals surface area contributed by atoms with E-state index in [0.717, 1.165) is 26.4 Å². The molecule has 14 nitrogen and oxygen atoms in total. The van der Waals surface area contributed by atoms with Gasteiger partial charge < -0.3 is 25.5 Å². The van der Waals surface area contributed by atoms with Gasteiger partial charge in [0.15, 0.2) is 27.2 Å². The second kappa shape index (κ2) is 12.1. The van der Waals surface area contributed by atoms with Gasteiger partial charge in [-0.2, -0.15) is 13.2 Å². The third-order valence-corrected chi connectivity index (χ3v) is 9.28. The average molecular weight is 681 g/mol. The Labute approximate surface area is 252 Å². The number of pyridine rings is 1. The lowest BCUT2D eigenvalue weighted by atomic mass is 9.94. The number of aryl methyl sites for hydroxylation is 1. The van der Waals surface area contributed by atoms with Crippen LogP contribution in [0.1, 0.15) is 10.6 Å². The molecule has 0 aliphatic carbocycles. The molecule has 0 bridgehead atoms. The van der Waals surface area contributed by atoms with E-state index in [0.29, 0.717) is 10.8 Å². The molecule has 230 valence electrons. The number of fused-ring (bicyclic) bond motifs is 2. The van der Waals surface area contributed by atoms with Crippen molar-refractivity contribution in [3.05, 3.63) is 46.0 Å². The van der Waals surface area contributed by atoms with E-state index in [1.54, 1.807) is 22.9 Å². The number of amides is 2. The monoisotopic (exact) mass is 680 g/mol. The van der Waals surface area contributed by atoms with Crippen LogP contribution in [0.2, 0.25) is 0 Å². The number of carboxylic acid groups (broad SMARTS) is 1. The van der Waals surface area contributed by atoms with Crippen molar-refractivity contribution in [2.75, 3.05) is 18.6 Å². The molecule has 5 heterocycles. The number of thiophene rings is 1. The van der Waals surface area contributed by atoms with E-state index in [1.165, 1.54) is 23.8 Å². The topological polar surface area (TPSA) is 208 Å². The van der Waals surface area contributed by atoms with Gasteiger partial charge in [0, 0.05) is 22.1 Å². The Balaban J connectivity index is 0.000000467. The van der Waals surface area contributed by atoms with Gasteiger partial charge in [-0.25, -0.2) is 18.2 Å². The minimum absolute atomic E-state index is 0.108. The highest BCUT2D eigenvalue weighted by molar-refractivity contribution is 8.07. The minimum atomic E-state index is -6.09. The molecule has 3 aromatic rings. The highest BCUT2D eigenvalue weighted by atomic mass is 32.2. The molecule has 2 aliphatic heterocycles. The molecule has 2 unspecified atom stereocenters. The molecule has 1 saturated heterocycles. The van der Waals surface area contributed by atoms with Gasteiger partial charge in [0.2, 0.25) is 5.70 Å².